The summed E-state index contributed by atoms with van der Waals surface area (Å²) in [5.41, 5.74) is 1.53. The van der Waals surface area contributed by atoms with Gasteiger partial charge in [0, 0.05) is 24.9 Å². The SMILES string of the molecule is O=C(NC[C@@H]1CCOc2ccccc21)c1cccc(-n2cccn2)n1. The summed E-state index contributed by atoms with van der Waals surface area (Å²) >= 11 is 0. The number of ether oxygens (including phenoxy) is 1. The molecule has 1 amide bonds. The fourth-order valence-corrected chi connectivity index (χ4v) is 3.02. The molecule has 0 spiro atoms. The van der Waals surface area contributed by atoms with E-state index < -0.39 is 0 Å². The molecule has 4 rings (SSSR count). The molecule has 0 saturated carbocycles. The summed E-state index contributed by atoms with van der Waals surface area (Å²) in [4.78, 5) is 16.9. The second-order valence-electron chi connectivity index (χ2n) is 5.91. The quantitative estimate of drug-likeness (QED) is 0.796. The topological polar surface area (TPSA) is 69.0 Å². The van der Waals surface area contributed by atoms with Gasteiger partial charge in [-0.2, -0.15) is 5.10 Å². The van der Waals surface area contributed by atoms with Crippen molar-refractivity contribution in [1.82, 2.24) is 20.1 Å². The molecule has 1 atom stereocenters. The zero-order chi connectivity index (χ0) is 17.1. The van der Waals surface area contributed by atoms with Gasteiger partial charge in [0.05, 0.1) is 6.61 Å². The number of nitrogens with one attached hydrogen (secondary N) is 1. The molecule has 0 saturated heterocycles. The van der Waals surface area contributed by atoms with E-state index in [4.69, 9.17) is 4.74 Å². The first-order chi connectivity index (χ1) is 12.3. The van der Waals surface area contributed by atoms with E-state index in [2.05, 4.69) is 21.5 Å². The van der Waals surface area contributed by atoms with Gasteiger partial charge in [-0.15, -0.1) is 0 Å². The lowest BCUT2D eigenvalue weighted by atomic mass is 9.93. The molecular weight excluding hydrogens is 316 g/mol. The lowest BCUT2D eigenvalue weighted by Crippen LogP contribution is -2.31. The summed E-state index contributed by atoms with van der Waals surface area (Å²) in [6.45, 7) is 1.23. The molecular formula is C19H18N4O2. The zero-order valence-electron chi connectivity index (χ0n) is 13.6. The second kappa shape index (κ2) is 6.76. The number of nitrogens with zero attached hydrogens (tertiary/aromatic N) is 3. The Morgan fingerprint density at radius 1 is 1.20 bits per heavy atom. The Hall–Kier alpha value is -3.15. The number of carbonyl (C=O) groups is 1. The van der Waals surface area contributed by atoms with Gasteiger partial charge in [-0.05, 0) is 36.2 Å². The predicted molar refractivity (Wildman–Crippen MR) is 93.0 cm³/mol. The van der Waals surface area contributed by atoms with E-state index in [1.54, 1.807) is 23.1 Å². The van der Waals surface area contributed by atoms with E-state index in [1.807, 2.05) is 36.4 Å². The van der Waals surface area contributed by atoms with Crippen LogP contribution in [0.25, 0.3) is 5.82 Å². The first kappa shape index (κ1) is 15.4. The maximum Gasteiger partial charge on any atom is 0.269 e. The Morgan fingerprint density at radius 2 is 2.12 bits per heavy atom. The Kier molecular flexibility index (Phi) is 4.16. The van der Waals surface area contributed by atoms with Gasteiger partial charge in [0.25, 0.3) is 5.91 Å². The van der Waals surface area contributed by atoms with E-state index in [-0.39, 0.29) is 11.8 Å². The molecule has 2 aromatic heterocycles. The van der Waals surface area contributed by atoms with Crippen LogP contribution in [0.2, 0.25) is 0 Å². The van der Waals surface area contributed by atoms with Crippen molar-refractivity contribution in [2.24, 2.45) is 0 Å². The maximum absolute atomic E-state index is 12.5. The number of fused-ring (bicyclic) bond motifs is 1. The molecule has 3 heterocycles. The number of benzene rings is 1. The third-order valence-electron chi connectivity index (χ3n) is 4.30. The number of rotatable bonds is 4. The number of hydrogen-bond donors (Lipinski definition) is 1. The van der Waals surface area contributed by atoms with E-state index >= 15 is 0 Å². The Labute approximate surface area is 145 Å². The van der Waals surface area contributed by atoms with Crippen molar-refractivity contribution < 1.29 is 9.53 Å². The molecule has 6 nitrogen and oxygen atoms in total. The van der Waals surface area contributed by atoms with Gasteiger partial charge in [-0.3, -0.25) is 4.79 Å². The molecule has 126 valence electrons. The van der Waals surface area contributed by atoms with Gasteiger partial charge >= 0.3 is 0 Å². The van der Waals surface area contributed by atoms with Gasteiger partial charge in [0.15, 0.2) is 5.82 Å². The van der Waals surface area contributed by atoms with Crippen molar-refractivity contribution in [2.75, 3.05) is 13.2 Å². The first-order valence-corrected chi connectivity index (χ1v) is 8.28. The maximum atomic E-state index is 12.5. The molecule has 1 aliphatic rings. The monoisotopic (exact) mass is 334 g/mol. The highest BCUT2D eigenvalue weighted by atomic mass is 16.5. The third kappa shape index (κ3) is 3.24. The molecule has 1 N–H and O–H groups in total. The summed E-state index contributed by atoms with van der Waals surface area (Å²) in [5, 5.41) is 7.14. The van der Waals surface area contributed by atoms with E-state index in [9.17, 15) is 4.79 Å². The van der Waals surface area contributed by atoms with Gasteiger partial charge in [-0.1, -0.05) is 24.3 Å². The highest BCUT2D eigenvalue weighted by Crippen LogP contribution is 2.32. The Balaban J connectivity index is 1.46. The average Bonchev–Trinajstić information content (AvgIpc) is 3.21. The molecule has 3 aromatic rings. The minimum Gasteiger partial charge on any atom is -0.493 e. The van der Waals surface area contributed by atoms with Crippen LogP contribution in [-0.4, -0.2) is 33.8 Å². The minimum absolute atomic E-state index is 0.182. The van der Waals surface area contributed by atoms with E-state index in [0.717, 1.165) is 17.7 Å². The number of carbonyl (C=O) groups excluding carboxylic acids is 1. The number of aromatic nitrogens is 3. The number of pyridine rings is 1. The zero-order valence-corrected chi connectivity index (χ0v) is 13.6. The van der Waals surface area contributed by atoms with Crippen LogP contribution >= 0.6 is 0 Å². The summed E-state index contributed by atoms with van der Waals surface area (Å²) in [5.74, 6) is 1.60. The van der Waals surface area contributed by atoms with Crippen LogP contribution < -0.4 is 10.1 Å². The van der Waals surface area contributed by atoms with Gasteiger partial charge < -0.3 is 10.1 Å². The molecule has 0 aliphatic carbocycles. The molecule has 0 unspecified atom stereocenters. The molecule has 25 heavy (non-hydrogen) atoms. The smallest absolute Gasteiger partial charge is 0.269 e. The Morgan fingerprint density at radius 3 is 3.00 bits per heavy atom. The first-order valence-electron chi connectivity index (χ1n) is 8.28. The second-order valence-corrected chi connectivity index (χ2v) is 5.91. The molecule has 6 heteroatoms. The van der Waals surface area contributed by atoms with Crippen LogP contribution in [0, 0.1) is 0 Å². The van der Waals surface area contributed by atoms with Crippen LogP contribution in [-0.2, 0) is 0 Å². The molecule has 0 bridgehead atoms. The Bertz CT molecular complexity index is 877. The third-order valence-corrected chi connectivity index (χ3v) is 4.30. The number of para-hydroxylation sites is 1. The number of amides is 1. The molecule has 1 aliphatic heterocycles. The molecule has 0 fully saturated rings. The van der Waals surface area contributed by atoms with Crippen molar-refractivity contribution in [3.63, 3.8) is 0 Å². The normalized spacial score (nSPS) is 15.9. The van der Waals surface area contributed by atoms with Crippen LogP contribution in [0.4, 0.5) is 0 Å². The summed E-state index contributed by atoms with van der Waals surface area (Å²) in [7, 11) is 0. The van der Waals surface area contributed by atoms with Crippen molar-refractivity contribution in [2.45, 2.75) is 12.3 Å². The van der Waals surface area contributed by atoms with Crippen molar-refractivity contribution >= 4 is 5.91 Å². The number of hydrogen-bond acceptors (Lipinski definition) is 4. The highest BCUT2D eigenvalue weighted by Gasteiger charge is 2.22. The van der Waals surface area contributed by atoms with Crippen molar-refractivity contribution in [1.29, 1.82) is 0 Å². The standard InChI is InChI=1S/C19H18N4O2/c24-19(16-6-3-8-18(22-16)23-11-4-10-21-23)20-13-14-9-12-25-17-7-2-1-5-15(14)17/h1-8,10-11,14H,9,12-13H2,(H,20,24)/t14-/m0/s1. The van der Waals surface area contributed by atoms with Crippen LogP contribution in [0.1, 0.15) is 28.4 Å². The lowest BCUT2D eigenvalue weighted by Gasteiger charge is -2.25. The molecule has 1 aromatic carbocycles. The summed E-state index contributed by atoms with van der Waals surface area (Å²) < 4.78 is 7.30. The minimum atomic E-state index is -0.182. The van der Waals surface area contributed by atoms with Crippen molar-refractivity contribution in [3.8, 4) is 11.6 Å². The molecule has 0 radical (unpaired) electrons. The average molecular weight is 334 g/mol. The highest BCUT2D eigenvalue weighted by molar-refractivity contribution is 5.92. The van der Waals surface area contributed by atoms with Gasteiger partial charge in [0.1, 0.15) is 11.4 Å². The lowest BCUT2D eigenvalue weighted by molar-refractivity contribution is 0.0943. The van der Waals surface area contributed by atoms with Gasteiger partial charge in [0.2, 0.25) is 0 Å². The van der Waals surface area contributed by atoms with E-state index in [0.29, 0.717) is 24.7 Å². The fraction of sp³-hybridized carbons (Fsp3) is 0.211. The van der Waals surface area contributed by atoms with Gasteiger partial charge in [-0.25, -0.2) is 9.67 Å². The largest absolute Gasteiger partial charge is 0.493 e. The fourth-order valence-electron chi connectivity index (χ4n) is 3.02. The summed E-state index contributed by atoms with van der Waals surface area (Å²) in [6.07, 6.45) is 4.36. The van der Waals surface area contributed by atoms with E-state index in [1.165, 1.54) is 0 Å². The van der Waals surface area contributed by atoms with Crippen molar-refractivity contribution in [3.05, 3.63) is 72.2 Å². The predicted octanol–water partition coefficient (Wildman–Crippen LogP) is 2.56. The van der Waals surface area contributed by atoms with Crippen LogP contribution in [0.15, 0.2) is 60.9 Å². The van der Waals surface area contributed by atoms with Crippen LogP contribution in [0.3, 0.4) is 0 Å². The van der Waals surface area contributed by atoms with Crippen LogP contribution in [0.5, 0.6) is 5.75 Å². The summed E-state index contributed by atoms with van der Waals surface area (Å²) in [6, 6.07) is 15.1.